The maximum absolute atomic E-state index is 7.60. The summed E-state index contributed by atoms with van der Waals surface area (Å²) in [7, 11) is 0. The molecule has 0 saturated carbocycles. The number of hydrogen-bond donors (Lipinski definition) is 3. The molecule has 5 heteroatoms. The molecule has 0 aromatic carbocycles. The Morgan fingerprint density at radius 3 is 2.36 bits per heavy atom. The molecular formula is C9H21N5. The van der Waals surface area contributed by atoms with E-state index in [1.807, 2.05) is 11.8 Å². The third-order valence-corrected chi connectivity index (χ3v) is 1.89. The van der Waals surface area contributed by atoms with Crippen LogP contribution < -0.4 is 11.5 Å². The van der Waals surface area contributed by atoms with Gasteiger partial charge in [-0.2, -0.15) is 4.99 Å². The fourth-order valence-electron chi connectivity index (χ4n) is 1.02. The molecule has 0 saturated heterocycles. The average Bonchev–Trinajstić information content (AvgIpc) is 2.03. The van der Waals surface area contributed by atoms with Gasteiger partial charge in [-0.3, -0.25) is 5.41 Å². The largest absolute Gasteiger partial charge is 0.370 e. The van der Waals surface area contributed by atoms with Crippen molar-refractivity contribution in [2.75, 3.05) is 13.1 Å². The molecule has 0 aromatic heterocycles. The molecule has 0 radical (unpaired) electrons. The number of guanidine groups is 2. The molecule has 14 heavy (non-hydrogen) atoms. The normalized spacial score (nSPS) is 10.0. The SMILES string of the molecule is CCN(CCC(C)C)C(=N)N=C(N)N. The first-order valence-electron chi connectivity index (χ1n) is 4.90. The topological polar surface area (TPSA) is 91.5 Å². The Balaban J connectivity index is 4.13. The molecule has 82 valence electrons. The van der Waals surface area contributed by atoms with Crippen LogP contribution in [0.4, 0.5) is 0 Å². The van der Waals surface area contributed by atoms with Crippen molar-refractivity contribution in [3.05, 3.63) is 0 Å². The molecule has 5 N–H and O–H groups in total. The first kappa shape index (κ1) is 12.7. The van der Waals surface area contributed by atoms with Crippen molar-refractivity contribution in [1.82, 2.24) is 4.90 Å². The van der Waals surface area contributed by atoms with E-state index < -0.39 is 0 Å². The lowest BCUT2D eigenvalue weighted by Crippen LogP contribution is -2.34. The lowest BCUT2D eigenvalue weighted by Gasteiger charge is -2.21. The van der Waals surface area contributed by atoms with E-state index in [4.69, 9.17) is 16.9 Å². The van der Waals surface area contributed by atoms with Crippen molar-refractivity contribution in [3.8, 4) is 0 Å². The van der Waals surface area contributed by atoms with Gasteiger partial charge >= 0.3 is 0 Å². The highest BCUT2D eigenvalue weighted by Crippen LogP contribution is 2.02. The van der Waals surface area contributed by atoms with Gasteiger partial charge in [-0.15, -0.1) is 0 Å². The van der Waals surface area contributed by atoms with Crippen LogP contribution in [0, 0.1) is 11.3 Å². The summed E-state index contributed by atoms with van der Waals surface area (Å²) in [5.74, 6) is 0.710. The maximum Gasteiger partial charge on any atom is 0.220 e. The molecule has 0 aromatic rings. The van der Waals surface area contributed by atoms with E-state index in [9.17, 15) is 0 Å². The molecule has 0 spiro atoms. The predicted molar refractivity (Wildman–Crippen MR) is 60.2 cm³/mol. The summed E-state index contributed by atoms with van der Waals surface area (Å²) in [6.45, 7) is 7.86. The molecule has 0 aliphatic rings. The summed E-state index contributed by atoms with van der Waals surface area (Å²) >= 11 is 0. The third kappa shape index (κ3) is 5.40. The van der Waals surface area contributed by atoms with E-state index in [0.29, 0.717) is 5.92 Å². The second-order valence-corrected chi connectivity index (χ2v) is 3.62. The second kappa shape index (κ2) is 6.23. The Morgan fingerprint density at radius 1 is 1.43 bits per heavy atom. The number of rotatable bonds is 4. The molecule has 0 heterocycles. The van der Waals surface area contributed by atoms with Crippen LogP contribution in [-0.2, 0) is 0 Å². The van der Waals surface area contributed by atoms with Gasteiger partial charge in [0, 0.05) is 13.1 Å². The Labute approximate surface area is 85.7 Å². The van der Waals surface area contributed by atoms with Crippen LogP contribution in [0.15, 0.2) is 4.99 Å². The molecule has 0 atom stereocenters. The lowest BCUT2D eigenvalue weighted by molar-refractivity contribution is 0.390. The molecule has 0 aliphatic carbocycles. The number of nitrogens with two attached hydrogens (primary N) is 2. The molecule has 0 bridgehead atoms. The van der Waals surface area contributed by atoms with Gasteiger partial charge in [0.15, 0.2) is 5.96 Å². The van der Waals surface area contributed by atoms with Crippen molar-refractivity contribution in [1.29, 1.82) is 5.41 Å². The number of aliphatic imine (C=N–C) groups is 1. The number of hydrogen-bond acceptors (Lipinski definition) is 1. The first-order chi connectivity index (χ1) is 6.47. The highest BCUT2D eigenvalue weighted by molar-refractivity contribution is 5.91. The minimum atomic E-state index is -0.0574. The zero-order chi connectivity index (χ0) is 11.1. The standard InChI is InChI=1S/C9H21N5/c1-4-14(6-5-7(2)3)9(12)13-8(10)11/h7H,4-6H2,1-3H3,(H5,10,11,12,13). The summed E-state index contributed by atoms with van der Waals surface area (Å²) < 4.78 is 0. The number of nitrogens with zero attached hydrogens (tertiary/aromatic N) is 2. The summed E-state index contributed by atoms with van der Waals surface area (Å²) in [6.07, 6.45) is 1.04. The number of nitrogens with one attached hydrogen (secondary N) is 1. The molecule has 0 aliphatic heterocycles. The maximum atomic E-state index is 7.60. The van der Waals surface area contributed by atoms with Crippen LogP contribution in [0.1, 0.15) is 27.2 Å². The highest BCUT2D eigenvalue weighted by atomic mass is 15.3. The summed E-state index contributed by atoms with van der Waals surface area (Å²) in [4.78, 5) is 5.55. The summed E-state index contributed by atoms with van der Waals surface area (Å²) in [5.41, 5.74) is 10.4. The molecule has 0 fully saturated rings. The van der Waals surface area contributed by atoms with Crippen LogP contribution >= 0.6 is 0 Å². The Kier molecular flexibility index (Phi) is 5.67. The zero-order valence-corrected chi connectivity index (χ0v) is 9.25. The van der Waals surface area contributed by atoms with E-state index in [0.717, 1.165) is 19.5 Å². The fourth-order valence-corrected chi connectivity index (χ4v) is 1.02. The van der Waals surface area contributed by atoms with Crippen molar-refractivity contribution in [2.45, 2.75) is 27.2 Å². The minimum Gasteiger partial charge on any atom is -0.370 e. The first-order valence-corrected chi connectivity index (χ1v) is 4.90. The second-order valence-electron chi connectivity index (χ2n) is 3.62. The average molecular weight is 199 g/mol. The van der Waals surface area contributed by atoms with Crippen molar-refractivity contribution >= 4 is 11.9 Å². The minimum absolute atomic E-state index is 0.0574. The van der Waals surface area contributed by atoms with Gasteiger partial charge in [0.05, 0.1) is 0 Å². The van der Waals surface area contributed by atoms with Gasteiger partial charge in [0.25, 0.3) is 0 Å². The van der Waals surface area contributed by atoms with Crippen LogP contribution in [-0.4, -0.2) is 29.9 Å². The van der Waals surface area contributed by atoms with E-state index in [-0.39, 0.29) is 11.9 Å². The molecule has 0 unspecified atom stereocenters. The molecule has 5 nitrogen and oxygen atoms in total. The molecule has 0 rings (SSSR count). The fraction of sp³-hybridized carbons (Fsp3) is 0.778. The Bertz CT molecular complexity index is 205. The van der Waals surface area contributed by atoms with Gasteiger partial charge in [-0.1, -0.05) is 13.8 Å². The van der Waals surface area contributed by atoms with Crippen LogP contribution in [0.5, 0.6) is 0 Å². The van der Waals surface area contributed by atoms with Gasteiger partial charge < -0.3 is 16.4 Å². The third-order valence-electron chi connectivity index (χ3n) is 1.89. The zero-order valence-electron chi connectivity index (χ0n) is 9.25. The van der Waals surface area contributed by atoms with E-state index in [1.54, 1.807) is 0 Å². The van der Waals surface area contributed by atoms with Crippen LogP contribution in [0.25, 0.3) is 0 Å². The van der Waals surface area contributed by atoms with Gasteiger partial charge in [0.2, 0.25) is 5.96 Å². The van der Waals surface area contributed by atoms with Gasteiger partial charge in [-0.25, -0.2) is 0 Å². The van der Waals surface area contributed by atoms with E-state index in [1.165, 1.54) is 0 Å². The summed E-state index contributed by atoms with van der Waals surface area (Å²) in [6, 6.07) is 0. The highest BCUT2D eigenvalue weighted by Gasteiger charge is 2.07. The summed E-state index contributed by atoms with van der Waals surface area (Å²) in [5, 5.41) is 7.60. The monoisotopic (exact) mass is 199 g/mol. The Hall–Kier alpha value is -1.26. The smallest absolute Gasteiger partial charge is 0.220 e. The van der Waals surface area contributed by atoms with Crippen molar-refractivity contribution in [2.24, 2.45) is 22.4 Å². The van der Waals surface area contributed by atoms with Crippen LogP contribution in [0.2, 0.25) is 0 Å². The van der Waals surface area contributed by atoms with Gasteiger partial charge in [-0.05, 0) is 19.3 Å². The Morgan fingerprint density at radius 2 is 2.00 bits per heavy atom. The quantitative estimate of drug-likeness (QED) is 0.456. The lowest BCUT2D eigenvalue weighted by atomic mass is 10.1. The van der Waals surface area contributed by atoms with Crippen molar-refractivity contribution < 1.29 is 0 Å². The molecular weight excluding hydrogens is 178 g/mol. The molecule has 0 amide bonds. The van der Waals surface area contributed by atoms with Crippen molar-refractivity contribution in [3.63, 3.8) is 0 Å². The van der Waals surface area contributed by atoms with Gasteiger partial charge in [0.1, 0.15) is 0 Å². The predicted octanol–water partition coefficient (Wildman–Crippen LogP) is 0.563. The van der Waals surface area contributed by atoms with E-state index >= 15 is 0 Å². The van der Waals surface area contributed by atoms with E-state index in [2.05, 4.69) is 18.8 Å². The van der Waals surface area contributed by atoms with Crippen LogP contribution in [0.3, 0.4) is 0 Å².